The van der Waals surface area contributed by atoms with Crippen molar-refractivity contribution in [1.29, 1.82) is 0 Å². The van der Waals surface area contributed by atoms with Crippen molar-refractivity contribution in [3.63, 3.8) is 0 Å². The average molecular weight is 157 g/mol. The van der Waals surface area contributed by atoms with Gasteiger partial charge in [0, 0.05) is 17.8 Å². The minimum absolute atomic E-state index is 0.933. The SMILES string of the molecule is CSC1CC2CC1CN2C. The highest BCUT2D eigenvalue weighted by atomic mass is 32.2. The van der Waals surface area contributed by atoms with E-state index in [2.05, 4.69) is 30.0 Å². The number of thioether (sulfide) groups is 1. The molecule has 0 aromatic carbocycles. The number of fused-ring (bicyclic) bond motifs is 2. The first-order chi connectivity index (χ1) is 4.81. The van der Waals surface area contributed by atoms with Crippen molar-refractivity contribution in [3.8, 4) is 0 Å². The van der Waals surface area contributed by atoms with Crippen LogP contribution in [0.1, 0.15) is 12.8 Å². The van der Waals surface area contributed by atoms with Gasteiger partial charge < -0.3 is 4.90 Å². The molecule has 1 saturated carbocycles. The standard InChI is InChI=1S/C8H15NS/c1-9-5-6-3-7(9)4-8(6)10-2/h6-8H,3-5H2,1-2H3. The van der Waals surface area contributed by atoms with E-state index in [1.165, 1.54) is 19.4 Å². The summed E-state index contributed by atoms with van der Waals surface area (Å²) in [6.45, 7) is 1.36. The van der Waals surface area contributed by atoms with Crippen molar-refractivity contribution < 1.29 is 0 Å². The van der Waals surface area contributed by atoms with Crippen LogP contribution in [0.4, 0.5) is 0 Å². The lowest BCUT2D eigenvalue weighted by Crippen LogP contribution is -2.32. The molecule has 2 heteroatoms. The van der Waals surface area contributed by atoms with Crippen LogP contribution in [0, 0.1) is 5.92 Å². The molecule has 3 unspecified atom stereocenters. The largest absolute Gasteiger partial charge is 0.303 e. The number of likely N-dealkylation sites (tertiary alicyclic amines) is 1. The van der Waals surface area contributed by atoms with Gasteiger partial charge in [-0.3, -0.25) is 0 Å². The van der Waals surface area contributed by atoms with Gasteiger partial charge in [-0.2, -0.15) is 11.8 Å². The number of rotatable bonds is 1. The third kappa shape index (κ3) is 0.892. The molecule has 2 rings (SSSR count). The van der Waals surface area contributed by atoms with Crippen LogP contribution in [0.25, 0.3) is 0 Å². The van der Waals surface area contributed by atoms with E-state index in [1.54, 1.807) is 0 Å². The van der Waals surface area contributed by atoms with E-state index in [-0.39, 0.29) is 0 Å². The Kier molecular flexibility index (Phi) is 1.69. The lowest BCUT2D eigenvalue weighted by Gasteiger charge is -2.26. The zero-order valence-corrected chi connectivity index (χ0v) is 7.53. The second kappa shape index (κ2) is 2.42. The van der Waals surface area contributed by atoms with Crippen molar-refractivity contribution >= 4 is 11.8 Å². The molecular formula is C8H15NS. The minimum atomic E-state index is 0.933. The highest BCUT2D eigenvalue weighted by molar-refractivity contribution is 7.99. The summed E-state index contributed by atoms with van der Waals surface area (Å²) in [5.41, 5.74) is 0. The first-order valence-electron chi connectivity index (χ1n) is 4.04. The van der Waals surface area contributed by atoms with Gasteiger partial charge in [0.05, 0.1) is 0 Å². The van der Waals surface area contributed by atoms with Gasteiger partial charge in [0.15, 0.2) is 0 Å². The maximum absolute atomic E-state index is 2.53. The first-order valence-corrected chi connectivity index (χ1v) is 5.33. The van der Waals surface area contributed by atoms with E-state index in [4.69, 9.17) is 0 Å². The minimum Gasteiger partial charge on any atom is -0.303 e. The molecule has 0 aromatic heterocycles. The van der Waals surface area contributed by atoms with Gasteiger partial charge in [-0.15, -0.1) is 0 Å². The van der Waals surface area contributed by atoms with E-state index in [0.29, 0.717) is 0 Å². The molecule has 3 atom stereocenters. The molecule has 0 radical (unpaired) electrons. The normalized spacial score (nSPS) is 46.8. The highest BCUT2D eigenvalue weighted by Crippen LogP contribution is 2.41. The lowest BCUT2D eigenvalue weighted by atomic mass is 10.1. The zero-order valence-electron chi connectivity index (χ0n) is 6.71. The van der Waals surface area contributed by atoms with Crippen LogP contribution in [0.15, 0.2) is 0 Å². The van der Waals surface area contributed by atoms with Crippen LogP contribution in [-0.2, 0) is 0 Å². The molecule has 0 amide bonds. The Morgan fingerprint density at radius 1 is 1.40 bits per heavy atom. The van der Waals surface area contributed by atoms with Gasteiger partial charge >= 0.3 is 0 Å². The van der Waals surface area contributed by atoms with E-state index < -0.39 is 0 Å². The van der Waals surface area contributed by atoms with Crippen LogP contribution in [0.3, 0.4) is 0 Å². The summed E-state index contributed by atoms with van der Waals surface area (Å²) in [5.74, 6) is 1.02. The average Bonchev–Trinajstić information content (AvgIpc) is 2.44. The van der Waals surface area contributed by atoms with Gasteiger partial charge in [0.2, 0.25) is 0 Å². The Bertz CT molecular complexity index is 135. The molecule has 0 aromatic rings. The van der Waals surface area contributed by atoms with Crippen molar-refractivity contribution in [3.05, 3.63) is 0 Å². The van der Waals surface area contributed by atoms with Gasteiger partial charge in [-0.25, -0.2) is 0 Å². The molecule has 1 aliphatic carbocycles. The fourth-order valence-electron chi connectivity index (χ4n) is 2.42. The smallest absolute Gasteiger partial charge is 0.0106 e. The number of hydrogen-bond acceptors (Lipinski definition) is 2. The van der Waals surface area contributed by atoms with Crippen molar-refractivity contribution in [1.82, 2.24) is 4.90 Å². The maximum Gasteiger partial charge on any atom is 0.0106 e. The molecule has 1 saturated heterocycles. The molecule has 1 aliphatic heterocycles. The molecule has 1 nitrogen and oxygen atoms in total. The molecular weight excluding hydrogens is 142 g/mol. The Hall–Kier alpha value is 0.310. The summed E-state index contributed by atoms with van der Waals surface area (Å²) in [4.78, 5) is 2.53. The Morgan fingerprint density at radius 2 is 2.20 bits per heavy atom. The summed E-state index contributed by atoms with van der Waals surface area (Å²) >= 11 is 2.07. The third-order valence-electron chi connectivity index (χ3n) is 3.05. The second-order valence-electron chi connectivity index (χ2n) is 3.60. The van der Waals surface area contributed by atoms with Crippen LogP contribution in [0.2, 0.25) is 0 Å². The summed E-state index contributed by atoms with van der Waals surface area (Å²) in [6.07, 6.45) is 5.18. The van der Waals surface area contributed by atoms with Crippen LogP contribution >= 0.6 is 11.8 Å². The van der Waals surface area contributed by atoms with E-state index in [1.807, 2.05) is 0 Å². The fourth-order valence-corrected chi connectivity index (χ4v) is 3.41. The summed E-state index contributed by atoms with van der Waals surface area (Å²) < 4.78 is 0. The molecule has 58 valence electrons. The Labute approximate surface area is 67.2 Å². The monoisotopic (exact) mass is 157 g/mol. The Balaban J connectivity index is 2.02. The summed E-state index contributed by atoms with van der Waals surface area (Å²) in [7, 11) is 2.27. The molecule has 10 heavy (non-hydrogen) atoms. The summed E-state index contributed by atoms with van der Waals surface area (Å²) in [6, 6.07) is 0.933. The van der Waals surface area contributed by atoms with E-state index in [9.17, 15) is 0 Å². The number of hydrogen-bond donors (Lipinski definition) is 0. The maximum atomic E-state index is 2.53. The van der Waals surface area contributed by atoms with Crippen molar-refractivity contribution in [2.24, 2.45) is 5.92 Å². The quantitative estimate of drug-likeness (QED) is 0.566. The van der Waals surface area contributed by atoms with Crippen LogP contribution in [0.5, 0.6) is 0 Å². The topological polar surface area (TPSA) is 3.24 Å². The first kappa shape index (κ1) is 6.99. The lowest BCUT2D eigenvalue weighted by molar-refractivity contribution is 0.266. The van der Waals surface area contributed by atoms with Crippen LogP contribution < -0.4 is 0 Å². The molecule has 0 spiro atoms. The van der Waals surface area contributed by atoms with Gasteiger partial charge in [0.1, 0.15) is 0 Å². The van der Waals surface area contributed by atoms with Gasteiger partial charge in [-0.1, -0.05) is 0 Å². The molecule has 0 N–H and O–H groups in total. The van der Waals surface area contributed by atoms with Crippen LogP contribution in [-0.4, -0.2) is 36.0 Å². The third-order valence-corrected chi connectivity index (χ3v) is 4.24. The zero-order chi connectivity index (χ0) is 7.14. The second-order valence-corrected chi connectivity index (χ2v) is 4.68. The number of piperidine rings is 1. The van der Waals surface area contributed by atoms with Crippen molar-refractivity contribution in [2.75, 3.05) is 19.8 Å². The molecule has 1 heterocycles. The fraction of sp³-hybridized carbons (Fsp3) is 1.00. The molecule has 2 bridgehead atoms. The summed E-state index contributed by atoms with van der Waals surface area (Å²) in [5, 5.41) is 0.987. The molecule has 2 fully saturated rings. The van der Waals surface area contributed by atoms with E-state index in [0.717, 1.165) is 17.2 Å². The predicted octanol–water partition coefficient (Wildman–Crippen LogP) is 1.44. The van der Waals surface area contributed by atoms with Gasteiger partial charge in [0.25, 0.3) is 0 Å². The highest BCUT2D eigenvalue weighted by Gasteiger charge is 2.42. The van der Waals surface area contributed by atoms with Gasteiger partial charge in [-0.05, 0) is 32.1 Å². The molecule has 2 aliphatic rings. The number of nitrogens with zero attached hydrogens (tertiary/aromatic N) is 1. The Morgan fingerprint density at radius 3 is 2.60 bits per heavy atom. The van der Waals surface area contributed by atoms with Crippen molar-refractivity contribution in [2.45, 2.75) is 24.1 Å². The predicted molar refractivity (Wildman–Crippen MR) is 46.4 cm³/mol. The van der Waals surface area contributed by atoms with E-state index >= 15 is 0 Å².